The molecule has 0 aromatic rings. The molecule has 0 aliphatic rings. The number of carbonyl (C=O) groups is 1. The lowest BCUT2D eigenvalue weighted by Gasteiger charge is -2.22. The van der Waals surface area contributed by atoms with E-state index in [1.165, 1.54) is 308 Å². The van der Waals surface area contributed by atoms with Crippen molar-refractivity contribution >= 4 is 5.91 Å². The number of aliphatic hydroxyl groups is 2. The number of nitrogens with one attached hydrogen (secondary N) is 1. The summed E-state index contributed by atoms with van der Waals surface area (Å²) in [5, 5.41) is 23.4. The summed E-state index contributed by atoms with van der Waals surface area (Å²) in [4.78, 5) is 12.5. The van der Waals surface area contributed by atoms with Gasteiger partial charge in [-0.1, -0.05) is 352 Å². The normalized spacial score (nSPS) is 12.9. The summed E-state index contributed by atoms with van der Waals surface area (Å²) in [7, 11) is 0. The molecule has 2 atom stereocenters. The van der Waals surface area contributed by atoms with Crippen LogP contribution in [0.5, 0.6) is 0 Å². The standard InChI is InChI=1S/C68H131NO3/c1-3-5-7-9-11-13-15-17-19-21-23-25-27-29-31-32-33-34-35-36-38-39-41-43-45-47-49-51-53-55-57-59-61-63-67(71)66(65-70)69-68(72)64-62-60-58-56-54-52-50-48-46-44-42-40-37-30-28-26-24-22-20-18-16-14-12-10-8-6-4-2/h16,18,22,24,28,30,66-67,70-71H,3-15,17,19-21,23,25-27,29,31-65H2,1-2H3,(H,69,72)/b18-16-,24-22-,30-28-. The van der Waals surface area contributed by atoms with Crippen LogP contribution >= 0.6 is 0 Å². The van der Waals surface area contributed by atoms with E-state index < -0.39 is 12.1 Å². The van der Waals surface area contributed by atoms with Gasteiger partial charge in [0.2, 0.25) is 5.91 Å². The van der Waals surface area contributed by atoms with E-state index in [0.717, 1.165) is 38.5 Å². The third kappa shape index (κ3) is 59.5. The first kappa shape index (κ1) is 70.6. The fourth-order valence-electron chi connectivity index (χ4n) is 10.6. The van der Waals surface area contributed by atoms with Crippen molar-refractivity contribution in [1.82, 2.24) is 5.32 Å². The molecule has 0 aliphatic carbocycles. The Kier molecular flexibility index (Phi) is 62.7. The van der Waals surface area contributed by atoms with Crippen LogP contribution in [0.1, 0.15) is 373 Å². The molecule has 4 heteroatoms. The van der Waals surface area contributed by atoms with E-state index in [4.69, 9.17) is 0 Å². The van der Waals surface area contributed by atoms with Gasteiger partial charge in [0.25, 0.3) is 0 Å². The zero-order valence-electron chi connectivity index (χ0n) is 49.2. The number of hydrogen-bond acceptors (Lipinski definition) is 3. The highest BCUT2D eigenvalue weighted by atomic mass is 16.3. The van der Waals surface area contributed by atoms with Crippen molar-refractivity contribution < 1.29 is 15.0 Å². The van der Waals surface area contributed by atoms with Gasteiger partial charge in [0.1, 0.15) is 0 Å². The van der Waals surface area contributed by atoms with Gasteiger partial charge >= 0.3 is 0 Å². The van der Waals surface area contributed by atoms with Crippen molar-refractivity contribution in [1.29, 1.82) is 0 Å². The lowest BCUT2D eigenvalue weighted by molar-refractivity contribution is -0.123. The molecule has 0 radical (unpaired) electrons. The number of rotatable bonds is 62. The maximum Gasteiger partial charge on any atom is 0.220 e. The smallest absolute Gasteiger partial charge is 0.220 e. The fraction of sp³-hybridized carbons (Fsp3) is 0.897. The van der Waals surface area contributed by atoms with Gasteiger partial charge < -0.3 is 15.5 Å². The molecule has 0 saturated carbocycles. The van der Waals surface area contributed by atoms with Crippen LogP contribution in [0.3, 0.4) is 0 Å². The molecule has 0 bridgehead atoms. The first-order valence-corrected chi connectivity index (χ1v) is 33.2. The first-order valence-electron chi connectivity index (χ1n) is 33.2. The molecule has 0 aromatic heterocycles. The summed E-state index contributed by atoms with van der Waals surface area (Å²) < 4.78 is 0. The Morgan fingerprint density at radius 3 is 0.847 bits per heavy atom. The van der Waals surface area contributed by atoms with Gasteiger partial charge in [-0.05, 0) is 51.4 Å². The number of aliphatic hydroxyl groups excluding tert-OH is 2. The Balaban J connectivity index is 3.41. The Morgan fingerprint density at radius 1 is 0.333 bits per heavy atom. The molecule has 0 rings (SSSR count). The molecular weight excluding hydrogens is 879 g/mol. The SMILES string of the molecule is CCCCCCC/C=C\C/C=C\C/C=C\CCCCCCCCCCCCCCC(=O)NC(CO)C(O)CCCCCCCCCCCCCCCCCCCCCCCCCCCCCCCCCCC. The maximum absolute atomic E-state index is 12.5. The topological polar surface area (TPSA) is 69.6 Å². The van der Waals surface area contributed by atoms with E-state index in [0.29, 0.717) is 12.8 Å². The van der Waals surface area contributed by atoms with Gasteiger partial charge in [-0.25, -0.2) is 0 Å². The average Bonchev–Trinajstić information content (AvgIpc) is 3.39. The van der Waals surface area contributed by atoms with E-state index in [2.05, 4.69) is 55.6 Å². The molecule has 0 fully saturated rings. The molecule has 426 valence electrons. The molecule has 72 heavy (non-hydrogen) atoms. The van der Waals surface area contributed by atoms with Gasteiger partial charge in [-0.3, -0.25) is 4.79 Å². The summed E-state index contributed by atoms with van der Waals surface area (Å²) in [6, 6.07) is -0.539. The molecule has 0 aromatic carbocycles. The largest absolute Gasteiger partial charge is 0.394 e. The number of hydrogen-bond donors (Lipinski definition) is 3. The minimum Gasteiger partial charge on any atom is -0.394 e. The number of carbonyl (C=O) groups excluding carboxylic acids is 1. The van der Waals surface area contributed by atoms with Crippen LogP contribution in [0.2, 0.25) is 0 Å². The highest BCUT2D eigenvalue weighted by Gasteiger charge is 2.20. The summed E-state index contributed by atoms with van der Waals surface area (Å²) >= 11 is 0. The predicted octanol–water partition coefficient (Wildman–Crippen LogP) is 22.4. The van der Waals surface area contributed by atoms with Crippen molar-refractivity contribution in [2.24, 2.45) is 0 Å². The molecule has 4 nitrogen and oxygen atoms in total. The second kappa shape index (κ2) is 63.9. The van der Waals surface area contributed by atoms with Crippen LogP contribution < -0.4 is 5.32 Å². The number of amides is 1. The highest BCUT2D eigenvalue weighted by Crippen LogP contribution is 2.19. The summed E-state index contributed by atoms with van der Waals surface area (Å²) in [6.07, 6.45) is 87.5. The second-order valence-corrected chi connectivity index (χ2v) is 22.9. The van der Waals surface area contributed by atoms with Crippen molar-refractivity contribution in [3.05, 3.63) is 36.5 Å². The summed E-state index contributed by atoms with van der Waals surface area (Å²) in [6.45, 7) is 4.39. The quantitative estimate of drug-likeness (QED) is 0.0420. The van der Waals surface area contributed by atoms with Crippen molar-refractivity contribution in [3.63, 3.8) is 0 Å². The van der Waals surface area contributed by atoms with Gasteiger partial charge in [0.15, 0.2) is 0 Å². The van der Waals surface area contributed by atoms with Crippen LogP contribution in [0.15, 0.2) is 36.5 Å². The van der Waals surface area contributed by atoms with Crippen molar-refractivity contribution in [2.75, 3.05) is 6.61 Å². The Labute approximate surface area is 452 Å². The predicted molar refractivity (Wildman–Crippen MR) is 322 cm³/mol. The summed E-state index contributed by atoms with van der Waals surface area (Å²) in [5.74, 6) is -0.0279. The van der Waals surface area contributed by atoms with Crippen LogP contribution in [0.4, 0.5) is 0 Å². The van der Waals surface area contributed by atoms with Crippen LogP contribution in [-0.4, -0.2) is 34.9 Å². The fourth-order valence-corrected chi connectivity index (χ4v) is 10.6. The van der Waals surface area contributed by atoms with Crippen LogP contribution in [-0.2, 0) is 4.79 Å². The minimum atomic E-state index is -0.662. The van der Waals surface area contributed by atoms with E-state index in [1.807, 2.05) is 0 Å². The molecule has 0 aliphatic heterocycles. The zero-order valence-corrected chi connectivity index (χ0v) is 49.2. The Bertz CT molecular complexity index is 1100. The number of unbranched alkanes of at least 4 members (excludes halogenated alkanes) is 49. The maximum atomic E-state index is 12.5. The minimum absolute atomic E-state index is 0.0279. The van der Waals surface area contributed by atoms with E-state index in [9.17, 15) is 15.0 Å². The molecule has 0 saturated heterocycles. The van der Waals surface area contributed by atoms with Crippen LogP contribution in [0, 0.1) is 0 Å². The monoisotopic (exact) mass is 1010 g/mol. The zero-order chi connectivity index (χ0) is 52.0. The molecule has 1 amide bonds. The van der Waals surface area contributed by atoms with Crippen molar-refractivity contribution in [3.8, 4) is 0 Å². The Hall–Kier alpha value is -1.39. The first-order chi connectivity index (χ1) is 35.7. The van der Waals surface area contributed by atoms with Gasteiger partial charge in [0.05, 0.1) is 18.8 Å². The molecule has 2 unspecified atom stereocenters. The van der Waals surface area contributed by atoms with E-state index in [1.54, 1.807) is 0 Å². The summed E-state index contributed by atoms with van der Waals surface area (Å²) in [5.41, 5.74) is 0. The lowest BCUT2D eigenvalue weighted by Crippen LogP contribution is -2.45. The van der Waals surface area contributed by atoms with Crippen molar-refractivity contribution in [2.45, 2.75) is 386 Å². The van der Waals surface area contributed by atoms with E-state index in [-0.39, 0.29) is 12.5 Å². The third-order valence-electron chi connectivity index (χ3n) is 15.7. The van der Waals surface area contributed by atoms with Gasteiger partial charge in [-0.15, -0.1) is 0 Å². The Morgan fingerprint density at radius 2 is 0.569 bits per heavy atom. The van der Waals surface area contributed by atoms with Crippen LogP contribution in [0.25, 0.3) is 0 Å². The number of allylic oxidation sites excluding steroid dienone is 6. The molecule has 0 heterocycles. The van der Waals surface area contributed by atoms with Gasteiger partial charge in [-0.2, -0.15) is 0 Å². The molecule has 0 spiro atoms. The highest BCUT2D eigenvalue weighted by molar-refractivity contribution is 5.76. The second-order valence-electron chi connectivity index (χ2n) is 22.9. The third-order valence-corrected chi connectivity index (χ3v) is 15.7. The molecule has 3 N–H and O–H groups in total. The van der Waals surface area contributed by atoms with Gasteiger partial charge in [0, 0.05) is 6.42 Å². The average molecular weight is 1010 g/mol. The van der Waals surface area contributed by atoms with E-state index >= 15 is 0 Å². The molecular formula is C68H131NO3. The lowest BCUT2D eigenvalue weighted by atomic mass is 10.0.